The lowest BCUT2D eigenvalue weighted by Gasteiger charge is -2.40. The first-order chi connectivity index (χ1) is 10.3. The molecule has 0 N–H and O–H groups in total. The molecule has 2 atom stereocenters. The summed E-state index contributed by atoms with van der Waals surface area (Å²) in [7, 11) is -4.03. The number of carbonyl (C=O) groups is 1. The summed E-state index contributed by atoms with van der Waals surface area (Å²) in [6.07, 6.45) is 1.68. The summed E-state index contributed by atoms with van der Waals surface area (Å²) in [4.78, 5) is 13.8. The van der Waals surface area contributed by atoms with Crippen LogP contribution in [0.1, 0.15) is 25.3 Å². The van der Waals surface area contributed by atoms with Crippen molar-refractivity contribution in [3.8, 4) is 0 Å². The van der Waals surface area contributed by atoms with Crippen molar-refractivity contribution in [2.24, 2.45) is 0 Å². The van der Waals surface area contributed by atoms with E-state index in [2.05, 4.69) is 0 Å². The summed E-state index contributed by atoms with van der Waals surface area (Å²) >= 11 is 0. The Bertz CT molecular complexity index is 719. The monoisotopic (exact) mass is 326 g/mol. The van der Waals surface area contributed by atoms with E-state index in [0.717, 1.165) is 23.2 Å². The van der Waals surface area contributed by atoms with Crippen LogP contribution in [0.5, 0.6) is 0 Å². The van der Waals surface area contributed by atoms with Crippen LogP contribution in [0.15, 0.2) is 23.1 Å². The Labute approximate surface area is 129 Å². The molecule has 22 heavy (non-hydrogen) atoms. The number of benzene rings is 1. The summed E-state index contributed by atoms with van der Waals surface area (Å²) in [5.74, 6) is -0.968. The minimum absolute atomic E-state index is 0.0913. The number of piperazine rings is 1. The van der Waals surface area contributed by atoms with Crippen LogP contribution in [0, 0.1) is 12.7 Å². The Morgan fingerprint density at radius 1 is 1.32 bits per heavy atom. The Kier molecular flexibility index (Phi) is 3.72. The van der Waals surface area contributed by atoms with Gasteiger partial charge in [-0.15, -0.1) is 0 Å². The van der Waals surface area contributed by atoms with Gasteiger partial charge in [-0.1, -0.05) is 6.07 Å². The zero-order chi connectivity index (χ0) is 16.1. The molecule has 1 aromatic rings. The fourth-order valence-electron chi connectivity index (χ4n) is 3.29. The number of hydrogen-bond acceptors (Lipinski definition) is 3. The fraction of sp³-hybridized carbons (Fsp3) is 0.533. The minimum atomic E-state index is -4.03. The van der Waals surface area contributed by atoms with Gasteiger partial charge in [-0.05, 0) is 44.4 Å². The van der Waals surface area contributed by atoms with Crippen LogP contribution in [0.25, 0.3) is 0 Å². The molecule has 2 aliphatic rings. The van der Waals surface area contributed by atoms with E-state index >= 15 is 0 Å². The Balaban J connectivity index is 2.01. The van der Waals surface area contributed by atoms with E-state index in [1.54, 1.807) is 18.7 Å². The molecule has 1 amide bonds. The molecule has 7 heteroatoms. The Hall–Kier alpha value is -1.47. The second-order valence-corrected chi connectivity index (χ2v) is 7.87. The number of amides is 1. The summed E-state index contributed by atoms with van der Waals surface area (Å²) in [5.41, 5.74) is 0.665. The van der Waals surface area contributed by atoms with Gasteiger partial charge in [-0.2, -0.15) is 4.31 Å². The molecule has 0 saturated carbocycles. The molecule has 0 bridgehead atoms. The van der Waals surface area contributed by atoms with Gasteiger partial charge in [0.15, 0.2) is 0 Å². The van der Waals surface area contributed by atoms with E-state index in [9.17, 15) is 17.6 Å². The van der Waals surface area contributed by atoms with Crippen LogP contribution in [0.3, 0.4) is 0 Å². The van der Waals surface area contributed by atoms with Gasteiger partial charge in [-0.25, -0.2) is 12.8 Å². The average molecular weight is 326 g/mol. The lowest BCUT2D eigenvalue weighted by Crippen LogP contribution is -2.60. The molecule has 1 aromatic carbocycles. The first-order valence-corrected chi connectivity index (χ1v) is 8.85. The van der Waals surface area contributed by atoms with Gasteiger partial charge in [0.05, 0.1) is 0 Å². The fourth-order valence-corrected chi connectivity index (χ4v) is 5.06. The van der Waals surface area contributed by atoms with Crippen molar-refractivity contribution in [2.45, 2.75) is 43.7 Å². The standard InChI is InChI=1S/C15H19FN2O3S/c1-10-5-6-13(16)14(8-10)22(20,21)18-9-12-4-3-7-17(12)15(19)11(18)2/h5-6,8,11-12H,3-4,7,9H2,1-2H3/t11-,12+/m1/s1. The molecule has 0 unspecified atom stereocenters. The molecule has 0 aromatic heterocycles. The van der Waals surface area contributed by atoms with E-state index in [-0.39, 0.29) is 23.4 Å². The van der Waals surface area contributed by atoms with Crippen LogP contribution in [0.4, 0.5) is 4.39 Å². The van der Waals surface area contributed by atoms with E-state index in [4.69, 9.17) is 0 Å². The van der Waals surface area contributed by atoms with E-state index < -0.39 is 21.9 Å². The van der Waals surface area contributed by atoms with Crippen LogP contribution in [0.2, 0.25) is 0 Å². The molecule has 2 aliphatic heterocycles. The van der Waals surface area contributed by atoms with Gasteiger partial charge in [-0.3, -0.25) is 4.79 Å². The molecule has 0 aliphatic carbocycles. The second kappa shape index (κ2) is 5.31. The van der Waals surface area contributed by atoms with Crippen molar-refractivity contribution in [3.63, 3.8) is 0 Å². The van der Waals surface area contributed by atoms with Crippen molar-refractivity contribution in [3.05, 3.63) is 29.6 Å². The summed E-state index contributed by atoms with van der Waals surface area (Å²) < 4.78 is 40.8. The average Bonchev–Trinajstić information content (AvgIpc) is 2.93. The molecule has 2 fully saturated rings. The number of nitrogens with zero attached hydrogens (tertiary/aromatic N) is 2. The molecule has 0 spiro atoms. The van der Waals surface area contributed by atoms with E-state index in [1.807, 2.05) is 0 Å². The van der Waals surface area contributed by atoms with Gasteiger partial charge >= 0.3 is 0 Å². The number of rotatable bonds is 2. The molecular formula is C15H19FN2O3S. The largest absolute Gasteiger partial charge is 0.337 e. The normalized spacial score (nSPS) is 26.3. The van der Waals surface area contributed by atoms with Crippen molar-refractivity contribution in [1.29, 1.82) is 0 Å². The maximum Gasteiger partial charge on any atom is 0.246 e. The topological polar surface area (TPSA) is 57.7 Å². The van der Waals surface area contributed by atoms with E-state index in [1.165, 1.54) is 12.1 Å². The number of sulfonamides is 1. The van der Waals surface area contributed by atoms with Gasteiger partial charge in [0.1, 0.15) is 16.8 Å². The number of hydrogen-bond donors (Lipinski definition) is 0. The molecule has 2 saturated heterocycles. The SMILES string of the molecule is Cc1ccc(F)c(S(=O)(=O)N2C[C@@H]3CCCN3C(=O)[C@H]2C)c1. The summed E-state index contributed by atoms with van der Waals surface area (Å²) in [6.45, 7) is 4.20. The lowest BCUT2D eigenvalue weighted by molar-refractivity contribution is -0.139. The lowest BCUT2D eigenvalue weighted by atomic mass is 10.1. The summed E-state index contributed by atoms with van der Waals surface area (Å²) in [5, 5.41) is 0. The predicted molar refractivity (Wildman–Crippen MR) is 79.2 cm³/mol. The third kappa shape index (κ3) is 2.32. The number of aryl methyl sites for hydroxylation is 1. The highest BCUT2D eigenvalue weighted by Crippen LogP contribution is 2.30. The molecular weight excluding hydrogens is 307 g/mol. The Morgan fingerprint density at radius 3 is 2.77 bits per heavy atom. The third-order valence-corrected chi connectivity index (χ3v) is 6.47. The van der Waals surface area contributed by atoms with E-state index in [0.29, 0.717) is 12.1 Å². The van der Waals surface area contributed by atoms with Gasteiger partial charge in [0, 0.05) is 19.1 Å². The molecule has 5 nitrogen and oxygen atoms in total. The van der Waals surface area contributed by atoms with Gasteiger partial charge < -0.3 is 4.90 Å². The molecule has 2 heterocycles. The first-order valence-electron chi connectivity index (χ1n) is 7.41. The molecule has 120 valence electrons. The smallest absolute Gasteiger partial charge is 0.246 e. The first kappa shape index (κ1) is 15.4. The second-order valence-electron chi connectivity index (χ2n) is 6.01. The summed E-state index contributed by atoms with van der Waals surface area (Å²) in [6, 6.07) is 3.12. The van der Waals surface area contributed by atoms with Crippen LogP contribution in [-0.4, -0.2) is 48.7 Å². The zero-order valence-electron chi connectivity index (χ0n) is 12.6. The maximum absolute atomic E-state index is 14.0. The van der Waals surface area contributed by atoms with Crippen LogP contribution < -0.4 is 0 Å². The third-order valence-electron chi connectivity index (χ3n) is 4.51. The van der Waals surface area contributed by atoms with Crippen LogP contribution >= 0.6 is 0 Å². The van der Waals surface area contributed by atoms with Gasteiger partial charge in [0.25, 0.3) is 0 Å². The van der Waals surface area contributed by atoms with Gasteiger partial charge in [0.2, 0.25) is 15.9 Å². The maximum atomic E-state index is 14.0. The number of carbonyl (C=O) groups excluding carboxylic acids is 1. The van der Waals surface area contributed by atoms with Crippen LogP contribution in [-0.2, 0) is 14.8 Å². The Morgan fingerprint density at radius 2 is 2.05 bits per heavy atom. The highest BCUT2D eigenvalue weighted by Gasteiger charge is 2.45. The van der Waals surface area contributed by atoms with Crippen molar-refractivity contribution in [1.82, 2.24) is 9.21 Å². The number of halogens is 1. The predicted octanol–water partition coefficient (Wildman–Crippen LogP) is 1.52. The quantitative estimate of drug-likeness (QED) is 0.828. The molecule has 0 radical (unpaired) electrons. The van der Waals surface area contributed by atoms with Crippen molar-refractivity contribution < 1.29 is 17.6 Å². The molecule has 3 rings (SSSR count). The highest BCUT2D eigenvalue weighted by atomic mass is 32.2. The van der Waals surface area contributed by atoms with Crippen molar-refractivity contribution >= 4 is 15.9 Å². The highest BCUT2D eigenvalue weighted by molar-refractivity contribution is 7.89. The number of fused-ring (bicyclic) bond motifs is 1. The zero-order valence-corrected chi connectivity index (χ0v) is 13.4. The minimum Gasteiger partial charge on any atom is -0.337 e. The van der Waals surface area contributed by atoms with Crippen molar-refractivity contribution in [2.75, 3.05) is 13.1 Å².